The number of benzene rings is 2. The van der Waals surface area contributed by atoms with Gasteiger partial charge in [-0.2, -0.15) is 0 Å². The Labute approximate surface area is 119 Å². The van der Waals surface area contributed by atoms with Crippen LogP contribution in [0.1, 0.15) is 16.7 Å². The lowest BCUT2D eigenvalue weighted by molar-refractivity contribution is -0.136. The van der Waals surface area contributed by atoms with Gasteiger partial charge >= 0.3 is 5.97 Å². The molecule has 0 heterocycles. The van der Waals surface area contributed by atoms with Gasteiger partial charge in [-0.1, -0.05) is 36.4 Å². The zero-order valence-electron chi connectivity index (χ0n) is 11.8. The molecule has 2 rings (SSSR count). The first-order chi connectivity index (χ1) is 9.56. The highest BCUT2D eigenvalue weighted by molar-refractivity contribution is 5.70. The molecular formula is C17H19NO2. The van der Waals surface area contributed by atoms with Gasteiger partial charge in [-0.25, -0.2) is 0 Å². The van der Waals surface area contributed by atoms with Crippen molar-refractivity contribution >= 4 is 11.7 Å². The Morgan fingerprint density at radius 3 is 2.35 bits per heavy atom. The number of carboxylic acid groups (broad SMARTS) is 1. The number of anilines is 1. The van der Waals surface area contributed by atoms with Gasteiger partial charge in [-0.15, -0.1) is 0 Å². The Kier molecular flexibility index (Phi) is 4.41. The number of hydrogen-bond acceptors (Lipinski definition) is 2. The van der Waals surface area contributed by atoms with Gasteiger partial charge < -0.3 is 10.0 Å². The third-order valence-corrected chi connectivity index (χ3v) is 3.40. The molecule has 0 aliphatic rings. The molecule has 2 aromatic rings. The Morgan fingerprint density at radius 2 is 1.75 bits per heavy atom. The normalized spacial score (nSPS) is 10.3. The van der Waals surface area contributed by atoms with E-state index in [1.807, 2.05) is 43.4 Å². The molecule has 104 valence electrons. The smallest absolute Gasteiger partial charge is 0.307 e. The molecule has 0 aliphatic carbocycles. The first-order valence-corrected chi connectivity index (χ1v) is 6.62. The summed E-state index contributed by atoms with van der Waals surface area (Å²) in [7, 11) is 2.04. The van der Waals surface area contributed by atoms with E-state index in [0.29, 0.717) is 0 Å². The molecule has 3 heteroatoms. The molecule has 0 radical (unpaired) electrons. The van der Waals surface area contributed by atoms with Crippen molar-refractivity contribution in [2.75, 3.05) is 11.9 Å². The van der Waals surface area contributed by atoms with Crippen LogP contribution in [0.2, 0.25) is 0 Å². The number of nitrogens with zero attached hydrogens (tertiary/aromatic N) is 1. The summed E-state index contributed by atoms with van der Waals surface area (Å²) < 4.78 is 0. The number of hydrogen-bond donors (Lipinski definition) is 1. The van der Waals surface area contributed by atoms with Crippen molar-refractivity contribution in [2.24, 2.45) is 0 Å². The van der Waals surface area contributed by atoms with Crippen LogP contribution in [0, 0.1) is 6.92 Å². The van der Waals surface area contributed by atoms with Crippen LogP contribution in [-0.4, -0.2) is 18.1 Å². The second-order valence-corrected chi connectivity index (χ2v) is 5.02. The summed E-state index contributed by atoms with van der Waals surface area (Å²) in [6.45, 7) is 2.95. The van der Waals surface area contributed by atoms with E-state index < -0.39 is 5.97 Å². The van der Waals surface area contributed by atoms with Gasteiger partial charge in [0.15, 0.2) is 0 Å². The molecule has 0 fully saturated rings. The zero-order chi connectivity index (χ0) is 14.5. The van der Waals surface area contributed by atoms with E-state index >= 15 is 0 Å². The Bertz CT molecular complexity index is 590. The SMILES string of the molecule is Cc1ccccc1CN(C)c1ccc(CC(=O)O)cc1. The summed E-state index contributed by atoms with van der Waals surface area (Å²) >= 11 is 0. The van der Waals surface area contributed by atoms with Gasteiger partial charge in [-0.3, -0.25) is 4.79 Å². The predicted octanol–water partition coefficient (Wildman–Crippen LogP) is 3.26. The van der Waals surface area contributed by atoms with Crippen LogP contribution < -0.4 is 4.90 Å². The fraction of sp³-hybridized carbons (Fsp3) is 0.235. The quantitative estimate of drug-likeness (QED) is 0.905. The van der Waals surface area contributed by atoms with Gasteiger partial charge in [0, 0.05) is 19.3 Å². The Balaban J connectivity index is 2.08. The summed E-state index contributed by atoms with van der Waals surface area (Å²) in [4.78, 5) is 12.8. The van der Waals surface area contributed by atoms with Crippen molar-refractivity contribution < 1.29 is 9.90 Å². The van der Waals surface area contributed by atoms with Crippen LogP contribution in [-0.2, 0) is 17.8 Å². The molecule has 20 heavy (non-hydrogen) atoms. The van der Waals surface area contributed by atoms with Crippen molar-refractivity contribution in [3.8, 4) is 0 Å². The number of carbonyl (C=O) groups is 1. The topological polar surface area (TPSA) is 40.5 Å². The van der Waals surface area contributed by atoms with Crippen LogP contribution >= 0.6 is 0 Å². The fourth-order valence-electron chi connectivity index (χ4n) is 2.18. The zero-order valence-corrected chi connectivity index (χ0v) is 11.8. The highest BCUT2D eigenvalue weighted by Gasteiger charge is 2.05. The molecule has 3 nitrogen and oxygen atoms in total. The van der Waals surface area contributed by atoms with Gasteiger partial charge in [0.1, 0.15) is 0 Å². The molecule has 0 amide bonds. The predicted molar refractivity (Wildman–Crippen MR) is 81.1 cm³/mol. The third-order valence-electron chi connectivity index (χ3n) is 3.40. The summed E-state index contributed by atoms with van der Waals surface area (Å²) in [6, 6.07) is 16.0. The minimum atomic E-state index is -0.800. The third kappa shape index (κ3) is 3.60. The molecule has 0 unspecified atom stereocenters. The maximum absolute atomic E-state index is 10.7. The lowest BCUT2D eigenvalue weighted by Crippen LogP contribution is -2.17. The maximum Gasteiger partial charge on any atom is 0.307 e. The van der Waals surface area contributed by atoms with Crippen LogP contribution in [0.3, 0.4) is 0 Å². The molecule has 0 aromatic heterocycles. The van der Waals surface area contributed by atoms with Gasteiger partial charge in [-0.05, 0) is 35.7 Å². The van der Waals surface area contributed by atoms with Crippen molar-refractivity contribution in [3.63, 3.8) is 0 Å². The maximum atomic E-state index is 10.7. The number of aryl methyl sites for hydroxylation is 1. The molecule has 0 spiro atoms. The van der Waals surface area contributed by atoms with Crippen molar-refractivity contribution in [1.82, 2.24) is 0 Å². The molecule has 0 aliphatic heterocycles. The Morgan fingerprint density at radius 1 is 1.10 bits per heavy atom. The second kappa shape index (κ2) is 6.24. The molecular weight excluding hydrogens is 250 g/mol. The van der Waals surface area contributed by atoms with Crippen LogP contribution in [0.15, 0.2) is 48.5 Å². The van der Waals surface area contributed by atoms with E-state index in [1.165, 1.54) is 11.1 Å². The van der Waals surface area contributed by atoms with Crippen molar-refractivity contribution in [2.45, 2.75) is 19.9 Å². The van der Waals surface area contributed by atoms with E-state index in [-0.39, 0.29) is 6.42 Å². The largest absolute Gasteiger partial charge is 0.481 e. The summed E-state index contributed by atoms with van der Waals surface area (Å²) in [5.41, 5.74) is 4.49. The summed E-state index contributed by atoms with van der Waals surface area (Å²) in [5, 5.41) is 8.76. The molecule has 1 N–H and O–H groups in total. The number of rotatable bonds is 5. The number of aliphatic carboxylic acids is 1. The van der Waals surface area contributed by atoms with Crippen LogP contribution in [0.5, 0.6) is 0 Å². The standard InChI is InChI=1S/C17H19NO2/c1-13-5-3-4-6-15(13)12-18(2)16-9-7-14(8-10-16)11-17(19)20/h3-10H,11-12H2,1-2H3,(H,19,20). The van der Waals surface area contributed by atoms with Crippen molar-refractivity contribution in [1.29, 1.82) is 0 Å². The minimum absolute atomic E-state index is 0.0712. The van der Waals surface area contributed by atoms with Crippen LogP contribution in [0.25, 0.3) is 0 Å². The van der Waals surface area contributed by atoms with E-state index in [9.17, 15) is 4.79 Å². The molecule has 0 atom stereocenters. The number of carboxylic acids is 1. The molecule has 0 saturated heterocycles. The monoisotopic (exact) mass is 269 g/mol. The minimum Gasteiger partial charge on any atom is -0.481 e. The van der Waals surface area contributed by atoms with Crippen LogP contribution in [0.4, 0.5) is 5.69 Å². The van der Waals surface area contributed by atoms with Crippen molar-refractivity contribution in [3.05, 3.63) is 65.2 Å². The highest BCUT2D eigenvalue weighted by atomic mass is 16.4. The van der Waals surface area contributed by atoms with Gasteiger partial charge in [0.05, 0.1) is 6.42 Å². The molecule has 0 bridgehead atoms. The Hall–Kier alpha value is -2.29. The van der Waals surface area contributed by atoms with E-state index in [4.69, 9.17) is 5.11 Å². The lowest BCUT2D eigenvalue weighted by atomic mass is 10.1. The van der Waals surface area contributed by atoms with E-state index in [0.717, 1.165) is 17.8 Å². The first kappa shape index (κ1) is 14.1. The van der Waals surface area contributed by atoms with Gasteiger partial charge in [0.2, 0.25) is 0 Å². The average Bonchev–Trinajstić information content (AvgIpc) is 2.41. The lowest BCUT2D eigenvalue weighted by Gasteiger charge is -2.20. The fourth-order valence-corrected chi connectivity index (χ4v) is 2.18. The van der Waals surface area contributed by atoms with E-state index in [1.54, 1.807) is 0 Å². The highest BCUT2D eigenvalue weighted by Crippen LogP contribution is 2.18. The summed E-state index contributed by atoms with van der Waals surface area (Å²) in [6.07, 6.45) is 0.0712. The van der Waals surface area contributed by atoms with Gasteiger partial charge in [0.25, 0.3) is 0 Å². The average molecular weight is 269 g/mol. The summed E-state index contributed by atoms with van der Waals surface area (Å²) in [5.74, 6) is -0.800. The first-order valence-electron chi connectivity index (χ1n) is 6.62. The van der Waals surface area contributed by atoms with E-state index in [2.05, 4.69) is 24.0 Å². The molecule has 2 aromatic carbocycles. The second-order valence-electron chi connectivity index (χ2n) is 5.02. The molecule has 0 saturated carbocycles.